The number of hydrogen-bond donors (Lipinski definition) is 1. The van der Waals surface area contributed by atoms with Gasteiger partial charge in [-0.1, -0.05) is 12.1 Å². The maximum atomic E-state index is 14.5. The molecule has 3 aromatic rings. The molecule has 7 heteroatoms. The number of nitriles is 1. The van der Waals surface area contributed by atoms with E-state index in [0.29, 0.717) is 17.3 Å². The van der Waals surface area contributed by atoms with Crippen LogP contribution in [-0.4, -0.2) is 15.0 Å². The zero-order chi connectivity index (χ0) is 19.5. The quantitative estimate of drug-likeness (QED) is 0.730. The van der Waals surface area contributed by atoms with Crippen LogP contribution < -0.4 is 10.5 Å². The molecule has 2 heterocycles. The minimum atomic E-state index is -0.407. The minimum absolute atomic E-state index is 0.0916. The van der Waals surface area contributed by atoms with E-state index in [9.17, 15) is 4.39 Å². The van der Waals surface area contributed by atoms with Crippen molar-refractivity contribution in [3.63, 3.8) is 0 Å². The van der Waals surface area contributed by atoms with Crippen molar-refractivity contribution < 1.29 is 9.13 Å². The summed E-state index contributed by atoms with van der Waals surface area (Å²) in [6, 6.07) is 10.5. The van der Waals surface area contributed by atoms with Gasteiger partial charge in [0.15, 0.2) is 11.6 Å². The van der Waals surface area contributed by atoms with E-state index in [0.717, 1.165) is 24.1 Å². The van der Waals surface area contributed by atoms with Crippen LogP contribution >= 0.6 is 0 Å². The Bertz CT molecular complexity index is 1030. The predicted octanol–water partition coefficient (Wildman–Crippen LogP) is 3.70. The van der Waals surface area contributed by atoms with Crippen LogP contribution in [0.5, 0.6) is 5.75 Å². The highest BCUT2D eigenvalue weighted by molar-refractivity contribution is 5.35. The summed E-state index contributed by atoms with van der Waals surface area (Å²) in [6.45, 7) is 0.0916. The molecule has 1 aliphatic rings. The lowest BCUT2D eigenvalue weighted by Crippen LogP contribution is -2.21. The normalized spacial score (nSPS) is 18.1. The Kier molecular flexibility index (Phi) is 4.85. The smallest absolute Gasteiger partial charge is 0.165 e. The Hall–Kier alpha value is -3.53. The lowest BCUT2D eigenvalue weighted by molar-refractivity contribution is 0.288. The standard InChI is InChI=1S/C21H18FN5O/c22-17-8-13(15-6-16(7-15)19-10-27-21(24)11-26-19)3-4-20(17)28-12-14-2-1-5-25-18(14)9-23/h1-5,8,10-11,15-16H,6-7,12H2,(H2,24,27). The predicted molar refractivity (Wildman–Crippen MR) is 101 cm³/mol. The van der Waals surface area contributed by atoms with Crippen LogP contribution in [0, 0.1) is 17.1 Å². The second kappa shape index (κ2) is 7.61. The molecule has 0 bridgehead atoms. The molecule has 1 fully saturated rings. The highest BCUT2D eigenvalue weighted by atomic mass is 19.1. The van der Waals surface area contributed by atoms with Crippen molar-refractivity contribution in [2.75, 3.05) is 5.73 Å². The van der Waals surface area contributed by atoms with E-state index in [2.05, 4.69) is 15.0 Å². The monoisotopic (exact) mass is 375 g/mol. The molecular formula is C21H18FN5O. The number of aromatic nitrogens is 3. The fourth-order valence-corrected chi connectivity index (χ4v) is 3.39. The molecule has 1 saturated carbocycles. The van der Waals surface area contributed by atoms with E-state index < -0.39 is 5.82 Å². The second-order valence-corrected chi connectivity index (χ2v) is 6.83. The van der Waals surface area contributed by atoms with Crippen LogP contribution in [0.2, 0.25) is 0 Å². The highest BCUT2D eigenvalue weighted by Gasteiger charge is 2.33. The molecule has 0 spiro atoms. The lowest BCUT2D eigenvalue weighted by Gasteiger charge is -2.35. The van der Waals surface area contributed by atoms with E-state index in [1.807, 2.05) is 12.1 Å². The number of pyridine rings is 1. The summed E-state index contributed by atoms with van der Waals surface area (Å²) < 4.78 is 20.0. The Balaban J connectivity index is 1.39. The third-order valence-electron chi connectivity index (χ3n) is 5.06. The first-order valence-electron chi connectivity index (χ1n) is 8.97. The molecule has 2 N–H and O–H groups in total. The molecule has 6 nitrogen and oxygen atoms in total. The van der Waals surface area contributed by atoms with Crippen molar-refractivity contribution >= 4 is 5.82 Å². The van der Waals surface area contributed by atoms with Crippen molar-refractivity contribution in [1.29, 1.82) is 5.26 Å². The molecule has 0 amide bonds. The highest BCUT2D eigenvalue weighted by Crippen LogP contribution is 2.47. The first-order chi connectivity index (χ1) is 13.6. The van der Waals surface area contributed by atoms with Gasteiger partial charge in [0, 0.05) is 17.7 Å². The topological polar surface area (TPSA) is 97.7 Å². The van der Waals surface area contributed by atoms with Crippen LogP contribution in [0.25, 0.3) is 0 Å². The number of ether oxygens (including phenoxy) is 1. The summed E-state index contributed by atoms with van der Waals surface area (Å²) in [5.41, 5.74) is 8.35. The molecule has 1 aromatic carbocycles. The number of benzene rings is 1. The summed E-state index contributed by atoms with van der Waals surface area (Å²) in [6.07, 6.45) is 6.62. The Morgan fingerprint density at radius 2 is 2.00 bits per heavy atom. The average molecular weight is 375 g/mol. The summed E-state index contributed by atoms with van der Waals surface area (Å²) in [7, 11) is 0. The van der Waals surface area contributed by atoms with E-state index in [4.69, 9.17) is 15.7 Å². The van der Waals surface area contributed by atoms with Gasteiger partial charge in [0.2, 0.25) is 0 Å². The molecule has 0 saturated heterocycles. The molecular weight excluding hydrogens is 357 g/mol. The van der Waals surface area contributed by atoms with Crippen molar-refractivity contribution in [3.8, 4) is 11.8 Å². The van der Waals surface area contributed by atoms with Crippen LogP contribution in [-0.2, 0) is 6.61 Å². The van der Waals surface area contributed by atoms with Gasteiger partial charge in [0.05, 0.1) is 18.1 Å². The summed E-state index contributed by atoms with van der Waals surface area (Å²) in [5.74, 6) is 0.779. The van der Waals surface area contributed by atoms with Gasteiger partial charge in [0.1, 0.15) is 24.2 Å². The van der Waals surface area contributed by atoms with E-state index >= 15 is 0 Å². The number of nitrogen functional groups attached to an aromatic ring is 1. The number of halogens is 1. The number of anilines is 1. The van der Waals surface area contributed by atoms with Gasteiger partial charge in [0.25, 0.3) is 0 Å². The molecule has 0 aliphatic heterocycles. The van der Waals surface area contributed by atoms with Gasteiger partial charge < -0.3 is 10.5 Å². The molecule has 0 unspecified atom stereocenters. The molecule has 0 atom stereocenters. The first-order valence-corrected chi connectivity index (χ1v) is 8.97. The molecule has 4 rings (SSSR count). The van der Waals surface area contributed by atoms with Crippen LogP contribution in [0.1, 0.15) is 47.2 Å². The Morgan fingerprint density at radius 1 is 1.14 bits per heavy atom. The largest absolute Gasteiger partial charge is 0.486 e. The number of hydrogen-bond acceptors (Lipinski definition) is 6. The fraction of sp³-hybridized carbons (Fsp3) is 0.238. The van der Waals surface area contributed by atoms with E-state index in [1.165, 1.54) is 6.07 Å². The zero-order valence-corrected chi connectivity index (χ0v) is 15.0. The molecule has 1 aliphatic carbocycles. The van der Waals surface area contributed by atoms with Crippen molar-refractivity contribution in [1.82, 2.24) is 15.0 Å². The Morgan fingerprint density at radius 3 is 2.71 bits per heavy atom. The first kappa shape index (κ1) is 17.9. The maximum Gasteiger partial charge on any atom is 0.165 e. The van der Waals surface area contributed by atoms with Crippen LogP contribution in [0.15, 0.2) is 48.9 Å². The van der Waals surface area contributed by atoms with Crippen molar-refractivity contribution in [2.24, 2.45) is 0 Å². The summed E-state index contributed by atoms with van der Waals surface area (Å²) in [5, 5.41) is 9.06. The van der Waals surface area contributed by atoms with Gasteiger partial charge in [-0.25, -0.2) is 14.4 Å². The second-order valence-electron chi connectivity index (χ2n) is 6.83. The van der Waals surface area contributed by atoms with Gasteiger partial charge in [-0.15, -0.1) is 0 Å². The third-order valence-corrected chi connectivity index (χ3v) is 5.06. The molecule has 140 valence electrons. The minimum Gasteiger partial charge on any atom is -0.486 e. The lowest BCUT2D eigenvalue weighted by atomic mass is 9.70. The maximum absolute atomic E-state index is 14.5. The molecule has 0 radical (unpaired) electrons. The number of nitrogens with two attached hydrogens (primary N) is 1. The van der Waals surface area contributed by atoms with E-state index in [-0.39, 0.29) is 24.0 Å². The van der Waals surface area contributed by atoms with Gasteiger partial charge >= 0.3 is 0 Å². The number of nitrogens with zero attached hydrogens (tertiary/aromatic N) is 4. The summed E-state index contributed by atoms with van der Waals surface area (Å²) in [4.78, 5) is 12.4. The van der Waals surface area contributed by atoms with Gasteiger partial charge in [-0.2, -0.15) is 5.26 Å². The van der Waals surface area contributed by atoms with E-state index in [1.54, 1.807) is 36.8 Å². The fourth-order valence-electron chi connectivity index (χ4n) is 3.39. The molecule has 28 heavy (non-hydrogen) atoms. The van der Waals surface area contributed by atoms with Crippen molar-refractivity contribution in [2.45, 2.75) is 31.3 Å². The number of rotatable bonds is 5. The van der Waals surface area contributed by atoms with Crippen molar-refractivity contribution in [3.05, 3.63) is 77.3 Å². The van der Waals surface area contributed by atoms with Gasteiger partial charge in [-0.05, 0) is 42.5 Å². The molecule has 2 aromatic heterocycles. The van der Waals surface area contributed by atoms with Crippen LogP contribution in [0.3, 0.4) is 0 Å². The Labute approximate surface area is 161 Å². The average Bonchev–Trinajstić information content (AvgIpc) is 2.68. The zero-order valence-electron chi connectivity index (χ0n) is 15.0. The summed E-state index contributed by atoms with van der Waals surface area (Å²) >= 11 is 0. The SMILES string of the molecule is N#Cc1ncccc1COc1ccc(C2CC(c3cnc(N)cn3)C2)cc1F. The third kappa shape index (κ3) is 3.62. The van der Waals surface area contributed by atoms with Crippen LogP contribution in [0.4, 0.5) is 10.2 Å². The van der Waals surface area contributed by atoms with Gasteiger partial charge in [-0.3, -0.25) is 4.98 Å².